The molecule has 1 N–H and O–H groups in total. The number of ketones is 1. The second kappa shape index (κ2) is 6.85. The van der Waals surface area contributed by atoms with Crippen molar-refractivity contribution in [2.24, 2.45) is 5.92 Å². The van der Waals surface area contributed by atoms with E-state index >= 15 is 0 Å². The Kier molecular flexibility index (Phi) is 5.14. The lowest BCUT2D eigenvalue weighted by atomic mass is 9.92. The third-order valence-electron chi connectivity index (χ3n) is 3.95. The van der Waals surface area contributed by atoms with Crippen LogP contribution >= 0.6 is 0 Å². The summed E-state index contributed by atoms with van der Waals surface area (Å²) >= 11 is 0. The number of carbonyl (C=O) groups excluding carboxylic acids is 1. The van der Waals surface area contributed by atoms with Gasteiger partial charge >= 0.3 is 0 Å². The van der Waals surface area contributed by atoms with E-state index in [1.807, 2.05) is 17.7 Å². The highest BCUT2D eigenvalue weighted by molar-refractivity contribution is 5.80. The first-order valence-electron chi connectivity index (χ1n) is 7.44. The van der Waals surface area contributed by atoms with E-state index in [9.17, 15) is 4.79 Å². The summed E-state index contributed by atoms with van der Waals surface area (Å²) in [6, 6.07) is 2.03. The van der Waals surface area contributed by atoms with Gasteiger partial charge in [-0.25, -0.2) is 0 Å². The minimum atomic E-state index is 0.355. The molecule has 2 heterocycles. The first kappa shape index (κ1) is 14.3. The topological polar surface area (TPSA) is 46.9 Å². The first-order valence-corrected chi connectivity index (χ1v) is 7.44. The fourth-order valence-electron chi connectivity index (χ4n) is 2.84. The van der Waals surface area contributed by atoms with Gasteiger partial charge in [-0.05, 0) is 58.2 Å². The van der Waals surface area contributed by atoms with E-state index in [4.69, 9.17) is 0 Å². The lowest BCUT2D eigenvalue weighted by molar-refractivity contribution is -0.118. The van der Waals surface area contributed by atoms with Crippen molar-refractivity contribution in [3.05, 3.63) is 17.5 Å². The molecule has 0 aromatic carbocycles. The molecule has 0 amide bonds. The van der Waals surface area contributed by atoms with Crippen LogP contribution in [-0.4, -0.2) is 28.7 Å². The van der Waals surface area contributed by atoms with E-state index in [0.29, 0.717) is 12.2 Å². The minimum Gasteiger partial charge on any atom is -0.317 e. The quantitative estimate of drug-likeness (QED) is 0.855. The number of nitrogens with zero attached hydrogens (tertiary/aromatic N) is 2. The highest BCUT2D eigenvalue weighted by Crippen LogP contribution is 2.18. The van der Waals surface area contributed by atoms with Gasteiger partial charge in [0.1, 0.15) is 5.78 Å². The van der Waals surface area contributed by atoms with Crippen LogP contribution in [0.25, 0.3) is 0 Å². The SMILES string of the molecule is CCn1nc(C)cc1CC(=O)CCC1CCNCC1. The molecule has 0 radical (unpaired) electrons. The molecule has 1 aliphatic heterocycles. The molecule has 0 saturated carbocycles. The molecule has 0 spiro atoms. The van der Waals surface area contributed by atoms with Gasteiger partial charge in [-0.1, -0.05) is 0 Å². The molecule has 19 heavy (non-hydrogen) atoms. The maximum atomic E-state index is 12.1. The van der Waals surface area contributed by atoms with Gasteiger partial charge < -0.3 is 5.32 Å². The average molecular weight is 263 g/mol. The van der Waals surface area contributed by atoms with Gasteiger partial charge in [0.25, 0.3) is 0 Å². The van der Waals surface area contributed by atoms with E-state index in [0.717, 1.165) is 49.8 Å². The normalized spacial score (nSPS) is 16.7. The van der Waals surface area contributed by atoms with E-state index in [1.165, 1.54) is 12.8 Å². The molecule has 0 aliphatic carbocycles. The molecule has 1 aromatic heterocycles. The number of nitrogens with one attached hydrogen (secondary N) is 1. The molecular weight excluding hydrogens is 238 g/mol. The van der Waals surface area contributed by atoms with Crippen molar-refractivity contribution in [1.29, 1.82) is 0 Å². The molecule has 0 unspecified atom stereocenters. The Bertz CT molecular complexity index is 419. The maximum Gasteiger partial charge on any atom is 0.138 e. The Labute approximate surface area is 115 Å². The van der Waals surface area contributed by atoms with Crippen molar-refractivity contribution in [3.8, 4) is 0 Å². The van der Waals surface area contributed by atoms with Crippen LogP contribution < -0.4 is 5.32 Å². The van der Waals surface area contributed by atoms with E-state index in [2.05, 4.69) is 17.3 Å². The summed E-state index contributed by atoms with van der Waals surface area (Å²) in [5.74, 6) is 1.09. The summed E-state index contributed by atoms with van der Waals surface area (Å²) in [7, 11) is 0. The smallest absolute Gasteiger partial charge is 0.138 e. The summed E-state index contributed by atoms with van der Waals surface area (Å²) in [5, 5.41) is 7.75. The molecule has 0 atom stereocenters. The number of Topliss-reactive ketones (excluding diaryl/α,β-unsaturated/α-hetero) is 1. The Hall–Kier alpha value is -1.16. The third-order valence-corrected chi connectivity index (χ3v) is 3.95. The van der Waals surface area contributed by atoms with E-state index in [1.54, 1.807) is 0 Å². The van der Waals surface area contributed by atoms with Gasteiger partial charge in [0.05, 0.1) is 5.69 Å². The largest absolute Gasteiger partial charge is 0.317 e. The summed E-state index contributed by atoms with van der Waals surface area (Å²) in [5.41, 5.74) is 2.07. The van der Waals surface area contributed by atoms with Crippen molar-refractivity contribution in [2.45, 2.75) is 52.5 Å². The Balaban J connectivity index is 1.80. The molecule has 0 bridgehead atoms. The zero-order valence-corrected chi connectivity index (χ0v) is 12.1. The summed E-state index contributed by atoms with van der Waals surface area (Å²) in [6.45, 7) is 7.11. The van der Waals surface area contributed by atoms with E-state index in [-0.39, 0.29) is 0 Å². The average Bonchev–Trinajstić information content (AvgIpc) is 2.77. The molecular formula is C15H25N3O. The standard InChI is InChI=1S/C15H25N3O/c1-3-18-14(10-12(2)17-18)11-15(19)5-4-13-6-8-16-9-7-13/h10,13,16H,3-9,11H2,1-2H3. The van der Waals surface area contributed by atoms with Gasteiger partial charge in [0, 0.05) is 25.1 Å². The fourth-order valence-corrected chi connectivity index (χ4v) is 2.84. The van der Waals surface area contributed by atoms with Crippen LogP contribution in [0.1, 0.15) is 44.0 Å². The van der Waals surface area contributed by atoms with Gasteiger partial charge in [-0.15, -0.1) is 0 Å². The number of hydrogen-bond acceptors (Lipinski definition) is 3. The molecule has 4 heteroatoms. The maximum absolute atomic E-state index is 12.1. The highest BCUT2D eigenvalue weighted by Gasteiger charge is 2.15. The number of carbonyl (C=O) groups is 1. The van der Waals surface area contributed by atoms with Crippen LogP contribution in [-0.2, 0) is 17.8 Å². The third kappa shape index (κ3) is 4.16. The molecule has 106 valence electrons. The van der Waals surface area contributed by atoms with Gasteiger partial charge in [-0.3, -0.25) is 9.48 Å². The second-order valence-corrected chi connectivity index (χ2v) is 5.54. The number of piperidine rings is 1. The predicted molar refractivity (Wildman–Crippen MR) is 76.2 cm³/mol. The van der Waals surface area contributed by atoms with Crippen LogP contribution in [0, 0.1) is 12.8 Å². The van der Waals surface area contributed by atoms with Gasteiger partial charge in [0.2, 0.25) is 0 Å². The van der Waals surface area contributed by atoms with Gasteiger partial charge in [-0.2, -0.15) is 5.10 Å². The van der Waals surface area contributed by atoms with Crippen LogP contribution in [0.2, 0.25) is 0 Å². The van der Waals surface area contributed by atoms with Crippen LogP contribution in [0.5, 0.6) is 0 Å². The molecule has 2 rings (SSSR count). The van der Waals surface area contributed by atoms with Crippen molar-refractivity contribution < 1.29 is 4.79 Å². The predicted octanol–water partition coefficient (Wildman–Crippen LogP) is 2.10. The van der Waals surface area contributed by atoms with Crippen LogP contribution in [0.3, 0.4) is 0 Å². The number of hydrogen-bond donors (Lipinski definition) is 1. The van der Waals surface area contributed by atoms with Crippen molar-refractivity contribution in [1.82, 2.24) is 15.1 Å². The summed E-state index contributed by atoms with van der Waals surface area (Å²) in [4.78, 5) is 12.1. The second-order valence-electron chi connectivity index (χ2n) is 5.54. The highest BCUT2D eigenvalue weighted by atomic mass is 16.1. The first-order chi connectivity index (χ1) is 9.19. The molecule has 4 nitrogen and oxygen atoms in total. The van der Waals surface area contributed by atoms with Gasteiger partial charge in [0.15, 0.2) is 0 Å². The monoisotopic (exact) mass is 263 g/mol. The van der Waals surface area contributed by atoms with Crippen LogP contribution in [0.4, 0.5) is 0 Å². The summed E-state index contributed by atoms with van der Waals surface area (Å²) in [6.07, 6.45) is 4.76. The minimum absolute atomic E-state index is 0.355. The van der Waals surface area contributed by atoms with Crippen molar-refractivity contribution >= 4 is 5.78 Å². The lowest BCUT2D eigenvalue weighted by Gasteiger charge is -2.22. The van der Waals surface area contributed by atoms with E-state index < -0.39 is 0 Å². The Morgan fingerprint density at radius 3 is 2.89 bits per heavy atom. The molecule has 1 aromatic rings. The van der Waals surface area contributed by atoms with Crippen molar-refractivity contribution in [3.63, 3.8) is 0 Å². The molecule has 1 saturated heterocycles. The van der Waals surface area contributed by atoms with Crippen molar-refractivity contribution in [2.75, 3.05) is 13.1 Å². The molecule has 1 fully saturated rings. The number of aryl methyl sites for hydroxylation is 2. The summed E-state index contributed by atoms with van der Waals surface area (Å²) < 4.78 is 1.94. The zero-order valence-electron chi connectivity index (χ0n) is 12.1. The van der Waals surface area contributed by atoms with Crippen LogP contribution in [0.15, 0.2) is 6.07 Å². The zero-order chi connectivity index (χ0) is 13.7. The molecule has 1 aliphatic rings. The Morgan fingerprint density at radius 1 is 1.47 bits per heavy atom. The lowest BCUT2D eigenvalue weighted by Crippen LogP contribution is -2.28. The number of aromatic nitrogens is 2. The Morgan fingerprint density at radius 2 is 2.21 bits per heavy atom. The number of rotatable bonds is 6. The fraction of sp³-hybridized carbons (Fsp3) is 0.733.